The summed E-state index contributed by atoms with van der Waals surface area (Å²) in [5.74, 6) is 0. The molecule has 0 heterocycles. The summed E-state index contributed by atoms with van der Waals surface area (Å²) in [4.78, 5) is 1.58. The summed E-state index contributed by atoms with van der Waals surface area (Å²) in [5, 5.41) is 0. The van der Waals surface area contributed by atoms with Gasteiger partial charge in [0, 0.05) is 36.5 Å². The monoisotopic (exact) mass is 290 g/mol. The second kappa shape index (κ2) is 7.45. The first-order valence-corrected chi connectivity index (χ1v) is 7.48. The van der Waals surface area contributed by atoms with Crippen LogP contribution in [0.4, 0.5) is 0 Å². The van der Waals surface area contributed by atoms with Gasteiger partial charge in [0.25, 0.3) is 0 Å². The molecule has 0 aliphatic rings. The molecule has 0 amide bonds. The molecule has 0 bridgehead atoms. The molecule has 0 N–H and O–H groups in total. The molecule has 0 unspecified atom stereocenters. The predicted octanol–water partition coefficient (Wildman–Crippen LogP) is 3.15. The molecule has 2 rings (SSSR count). The number of ether oxygens (including phenoxy) is 2. The summed E-state index contributed by atoms with van der Waals surface area (Å²) in [6.07, 6.45) is 0. The molecule has 0 aromatic heterocycles. The maximum absolute atomic E-state index is 12.8. The van der Waals surface area contributed by atoms with Crippen LogP contribution in [0.25, 0.3) is 0 Å². The summed E-state index contributed by atoms with van der Waals surface area (Å²) < 4.78 is 23.2. The van der Waals surface area contributed by atoms with E-state index in [1.807, 2.05) is 48.5 Å². The highest BCUT2D eigenvalue weighted by molar-refractivity contribution is 7.91. The van der Waals surface area contributed by atoms with Crippen LogP contribution in [-0.4, -0.2) is 18.8 Å². The predicted molar refractivity (Wildman–Crippen MR) is 79.0 cm³/mol. The fourth-order valence-corrected chi connectivity index (χ4v) is 3.41. The van der Waals surface area contributed by atoms with Crippen molar-refractivity contribution in [2.45, 2.75) is 23.0 Å². The van der Waals surface area contributed by atoms with E-state index in [0.29, 0.717) is 13.2 Å². The van der Waals surface area contributed by atoms with Crippen LogP contribution >= 0.6 is 0 Å². The van der Waals surface area contributed by atoms with Crippen molar-refractivity contribution < 1.29 is 14.0 Å². The summed E-state index contributed by atoms with van der Waals surface area (Å²) in [6.45, 7) is 0.905. The largest absolute Gasteiger partial charge is 0.606 e. The fraction of sp³-hybridized carbons (Fsp3) is 0.250. The third kappa shape index (κ3) is 3.41. The third-order valence-corrected chi connectivity index (χ3v) is 4.54. The van der Waals surface area contributed by atoms with Crippen molar-refractivity contribution in [3.05, 3.63) is 59.7 Å². The lowest BCUT2D eigenvalue weighted by Gasteiger charge is -2.16. The van der Waals surface area contributed by atoms with Crippen molar-refractivity contribution in [1.82, 2.24) is 0 Å². The van der Waals surface area contributed by atoms with E-state index < -0.39 is 11.2 Å². The number of benzene rings is 2. The molecular formula is C16H18O3S. The van der Waals surface area contributed by atoms with Crippen LogP contribution < -0.4 is 0 Å². The molecule has 0 radical (unpaired) electrons. The lowest BCUT2D eigenvalue weighted by atomic mass is 10.2. The second-order valence-corrected chi connectivity index (χ2v) is 5.77. The Balaban J connectivity index is 2.38. The standard InChI is InChI=1S/C16H18O3S/c1-18-11-13-7-3-5-9-15(13)20(17)16-10-6-4-8-14(16)12-19-2/h3-10H,11-12H2,1-2H3. The zero-order chi connectivity index (χ0) is 14.4. The van der Waals surface area contributed by atoms with Crippen LogP contribution in [0.3, 0.4) is 0 Å². The van der Waals surface area contributed by atoms with Crippen LogP contribution in [0.1, 0.15) is 11.1 Å². The Kier molecular flexibility index (Phi) is 5.61. The van der Waals surface area contributed by atoms with Gasteiger partial charge >= 0.3 is 0 Å². The minimum absolute atomic E-state index is 0.453. The van der Waals surface area contributed by atoms with Gasteiger partial charge in [-0.15, -0.1) is 0 Å². The van der Waals surface area contributed by atoms with Crippen molar-refractivity contribution in [3.8, 4) is 0 Å². The number of rotatable bonds is 6. The van der Waals surface area contributed by atoms with E-state index in [4.69, 9.17) is 9.47 Å². The number of hydrogen-bond acceptors (Lipinski definition) is 3. The molecule has 0 aliphatic carbocycles. The van der Waals surface area contributed by atoms with E-state index in [-0.39, 0.29) is 0 Å². The van der Waals surface area contributed by atoms with Crippen LogP contribution in [-0.2, 0) is 33.9 Å². The summed E-state index contributed by atoms with van der Waals surface area (Å²) in [5.41, 5.74) is 1.89. The molecule has 20 heavy (non-hydrogen) atoms. The summed E-state index contributed by atoms with van der Waals surface area (Å²) in [6, 6.07) is 15.3. The van der Waals surface area contributed by atoms with Crippen LogP contribution in [0.2, 0.25) is 0 Å². The van der Waals surface area contributed by atoms with Gasteiger partial charge in [-0.3, -0.25) is 0 Å². The smallest absolute Gasteiger partial charge is 0.163 e. The SMILES string of the molecule is COCc1ccccc1[S+]([O-])c1ccccc1COC. The molecule has 0 fully saturated rings. The van der Waals surface area contributed by atoms with Gasteiger partial charge in [-0.25, -0.2) is 0 Å². The molecule has 2 aromatic rings. The van der Waals surface area contributed by atoms with E-state index in [1.54, 1.807) is 14.2 Å². The third-order valence-electron chi connectivity index (χ3n) is 2.94. The maximum atomic E-state index is 12.8. The van der Waals surface area contributed by atoms with E-state index >= 15 is 0 Å². The molecule has 2 aromatic carbocycles. The van der Waals surface area contributed by atoms with Crippen LogP contribution in [0, 0.1) is 0 Å². The average molecular weight is 290 g/mol. The molecule has 3 nitrogen and oxygen atoms in total. The summed E-state index contributed by atoms with van der Waals surface area (Å²) in [7, 11) is 3.27. The zero-order valence-electron chi connectivity index (χ0n) is 11.7. The molecule has 106 valence electrons. The highest BCUT2D eigenvalue weighted by atomic mass is 32.2. The Bertz CT molecular complexity index is 507. The van der Waals surface area contributed by atoms with E-state index in [0.717, 1.165) is 20.9 Å². The Labute approximate surface area is 122 Å². The lowest BCUT2D eigenvalue weighted by molar-refractivity contribution is 0.182. The summed E-state index contributed by atoms with van der Waals surface area (Å²) >= 11 is -1.23. The minimum atomic E-state index is -1.23. The quantitative estimate of drug-likeness (QED) is 0.767. The first-order chi connectivity index (χ1) is 9.77. The van der Waals surface area contributed by atoms with Gasteiger partial charge in [-0.1, -0.05) is 36.4 Å². The van der Waals surface area contributed by atoms with E-state index in [1.165, 1.54) is 0 Å². The van der Waals surface area contributed by atoms with Gasteiger partial charge < -0.3 is 14.0 Å². The normalized spacial score (nSPS) is 11.0. The molecule has 0 saturated carbocycles. The van der Waals surface area contributed by atoms with Crippen molar-refractivity contribution in [3.63, 3.8) is 0 Å². The fourth-order valence-electron chi connectivity index (χ4n) is 2.04. The van der Waals surface area contributed by atoms with Crippen molar-refractivity contribution in [1.29, 1.82) is 0 Å². The van der Waals surface area contributed by atoms with Gasteiger partial charge in [0.1, 0.15) is 0 Å². The lowest BCUT2D eigenvalue weighted by Crippen LogP contribution is -2.09. The number of methoxy groups -OCH3 is 2. The molecule has 4 heteroatoms. The van der Waals surface area contributed by atoms with Gasteiger partial charge in [0.05, 0.1) is 13.2 Å². The first-order valence-electron chi connectivity index (χ1n) is 6.33. The van der Waals surface area contributed by atoms with Crippen LogP contribution in [0.5, 0.6) is 0 Å². The molecular weight excluding hydrogens is 272 g/mol. The topological polar surface area (TPSA) is 41.5 Å². The van der Waals surface area contributed by atoms with Gasteiger partial charge in [0.2, 0.25) is 0 Å². The van der Waals surface area contributed by atoms with Gasteiger partial charge in [-0.05, 0) is 12.1 Å². The minimum Gasteiger partial charge on any atom is -0.606 e. The Morgan fingerprint density at radius 2 is 1.20 bits per heavy atom. The molecule has 0 spiro atoms. The van der Waals surface area contributed by atoms with Gasteiger partial charge in [0.15, 0.2) is 9.79 Å². The second-order valence-electron chi connectivity index (χ2n) is 4.35. The maximum Gasteiger partial charge on any atom is 0.163 e. The van der Waals surface area contributed by atoms with E-state index in [9.17, 15) is 4.55 Å². The van der Waals surface area contributed by atoms with Crippen molar-refractivity contribution >= 4 is 11.2 Å². The highest BCUT2D eigenvalue weighted by Crippen LogP contribution is 2.27. The Hall–Kier alpha value is -1.33. The Morgan fingerprint density at radius 1 is 0.800 bits per heavy atom. The van der Waals surface area contributed by atoms with E-state index in [2.05, 4.69) is 0 Å². The highest BCUT2D eigenvalue weighted by Gasteiger charge is 2.21. The van der Waals surface area contributed by atoms with Crippen molar-refractivity contribution in [2.75, 3.05) is 14.2 Å². The Morgan fingerprint density at radius 3 is 1.60 bits per heavy atom. The zero-order valence-corrected chi connectivity index (χ0v) is 12.5. The van der Waals surface area contributed by atoms with Crippen LogP contribution in [0.15, 0.2) is 58.3 Å². The number of hydrogen-bond donors (Lipinski definition) is 0. The van der Waals surface area contributed by atoms with Crippen molar-refractivity contribution in [2.24, 2.45) is 0 Å². The first kappa shape index (κ1) is 15.1. The molecule has 0 saturated heterocycles. The average Bonchev–Trinajstić information content (AvgIpc) is 2.48. The molecule has 0 aliphatic heterocycles. The molecule has 0 atom stereocenters. The van der Waals surface area contributed by atoms with Gasteiger partial charge in [-0.2, -0.15) is 0 Å².